The lowest BCUT2D eigenvalue weighted by Gasteiger charge is -2.38. The highest BCUT2D eigenvalue weighted by Crippen LogP contribution is 2.32. The van der Waals surface area contributed by atoms with E-state index in [0.717, 1.165) is 0 Å². The Labute approximate surface area is 140 Å². The summed E-state index contributed by atoms with van der Waals surface area (Å²) in [6, 6.07) is 6.27. The largest absolute Gasteiger partial charge is 0.493 e. The molecule has 9 heteroatoms. The standard InChI is InChI=1S/C15H18N4O4S/c1-22-13-5-4-12(8-14(13)23-2)24(20,21)19-9-11(10-19)18-15-16-6-3-7-17-15/h3-8,11H,9-10H2,1-2H3,(H,16,17,18). The molecule has 1 aromatic carbocycles. The maximum absolute atomic E-state index is 12.7. The first-order chi connectivity index (χ1) is 11.5. The molecule has 0 saturated carbocycles. The molecule has 2 aromatic rings. The molecule has 1 aliphatic heterocycles. The van der Waals surface area contributed by atoms with Gasteiger partial charge in [-0.1, -0.05) is 0 Å². The second-order valence-corrected chi connectivity index (χ2v) is 7.19. The second kappa shape index (κ2) is 6.62. The second-order valence-electron chi connectivity index (χ2n) is 5.25. The smallest absolute Gasteiger partial charge is 0.243 e. The van der Waals surface area contributed by atoms with Crippen molar-refractivity contribution in [3.05, 3.63) is 36.7 Å². The number of hydrogen-bond acceptors (Lipinski definition) is 7. The Balaban J connectivity index is 1.69. The molecule has 1 saturated heterocycles. The van der Waals surface area contributed by atoms with E-state index in [0.29, 0.717) is 30.5 Å². The van der Waals surface area contributed by atoms with Crippen molar-refractivity contribution in [1.82, 2.24) is 14.3 Å². The van der Waals surface area contributed by atoms with Crippen LogP contribution in [0.15, 0.2) is 41.6 Å². The lowest BCUT2D eigenvalue weighted by Crippen LogP contribution is -2.56. The lowest BCUT2D eigenvalue weighted by atomic mass is 10.2. The summed E-state index contributed by atoms with van der Waals surface area (Å²) in [6.45, 7) is 0.712. The van der Waals surface area contributed by atoms with Gasteiger partial charge in [0.2, 0.25) is 16.0 Å². The van der Waals surface area contributed by atoms with Crippen molar-refractivity contribution in [2.75, 3.05) is 32.6 Å². The van der Waals surface area contributed by atoms with E-state index in [1.165, 1.54) is 30.7 Å². The van der Waals surface area contributed by atoms with Crippen LogP contribution in [0.4, 0.5) is 5.95 Å². The van der Waals surface area contributed by atoms with Crippen molar-refractivity contribution in [1.29, 1.82) is 0 Å². The average molecular weight is 350 g/mol. The Hall–Kier alpha value is -2.39. The minimum atomic E-state index is -3.57. The Morgan fingerprint density at radius 2 is 1.79 bits per heavy atom. The van der Waals surface area contributed by atoms with Crippen LogP contribution in [0.3, 0.4) is 0 Å². The Morgan fingerprint density at radius 3 is 2.42 bits per heavy atom. The van der Waals surface area contributed by atoms with Gasteiger partial charge in [-0.15, -0.1) is 0 Å². The van der Waals surface area contributed by atoms with Gasteiger partial charge in [0.25, 0.3) is 0 Å². The van der Waals surface area contributed by atoms with E-state index in [-0.39, 0.29) is 10.9 Å². The molecule has 1 N–H and O–H groups in total. The molecule has 1 fully saturated rings. The van der Waals surface area contributed by atoms with Crippen LogP contribution in [0.25, 0.3) is 0 Å². The summed E-state index contributed by atoms with van der Waals surface area (Å²) in [5.74, 6) is 1.36. The molecule has 0 aliphatic carbocycles. The average Bonchev–Trinajstić information content (AvgIpc) is 2.57. The van der Waals surface area contributed by atoms with Gasteiger partial charge in [0.05, 0.1) is 25.2 Å². The zero-order chi connectivity index (χ0) is 17.2. The van der Waals surface area contributed by atoms with Gasteiger partial charge in [-0.05, 0) is 18.2 Å². The van der Waals surface area contributed by atoms with Crippen LogP contribution in [-0.4, -0.2) is 56.0 Å². The molecule has 0 atom stereocenters. The molecule has 0 spiro atoms. The van der Waals surface area contributed by atoms with Gasteiger partial charge < -0.3 is 14.8 Å². The van der Waals surface area contributed by atoms with Gasteiger partial charge in [-0.25, -0.2) is 18.4 Å². The van der Waals surface area contributed by atoms with E-state index in [2.05, 4.69) is 15.3 Å². The summed E-state index contributed by atoms with van der Waals surface area (Å²) >= 11 is 0. The van der Waals surface area contributed by atoms with Crippen LogP contribution in [0.1, 0.15) is 0 Å². The van der Waals surface area contributed by atoms with E-state index >= 15 is 0 Å². The molecule has 3 rings (SSSR count). The third-order valence-corrected chi connectivity index (χ3v) is 5.57. The number of hydrogen-bond donors (Lipinski definition) is 1. The first-order valence-electron chi connectivity index (χ1n) is 7.30. The first-order valence-corrected chi connectivity index (χ1v) is 8.74. The van der Waals surface area contributed by atoms with E-state index < -0.39 is 10.0 Å². The highest BCUT2D eigenvalue weighted by Gasteiger charge is 2.37. The minimum Gasteiger partial charge on any atom is -0.493 e. The molecule has 24 heavy (non-hydrogen) atoms. The predicted octanol–water partition coefficient (Wildman–Crippen LogP) is 0.979. The van der Waals surface area contributed by atoms with E-state index in [1.807, 2.05) is 0 Å². The third-order valence-electron chi connectivity index (χ3n) is 3.74. The lowest BCUT2D eigenvalue weighted by molar-refractivity contribution is 0.279. The number of benzene rings is 1. The maximum atomic E-state index is 12.7. The van der Waals surface area contributed by atoms with Crippen molar-refractivity contribution in [2.24, 2.45) is 0 Å². The van der Waals surface area contributed by atoms with Crippen molar-refractivity contribution in [2.45, 2.75) is 10.9 Å². The fraction of sp³-hybridized carbons (Fsp3) is 0.333. The van der Waals surface area contributed by atoms with Crippen molar-refractivity contribution >= 4 is 16.0 Å². The molecular formula is C15H18N4O4S. The summed E-state index contributed by atoms with van der Waals surface area (Å²) in [5.41, 5.74) is 0. The number of methoxy groups -OCH3 is 2. The summed E-state index contributed by atoms with van der Waals surface area (Å²) in [7, 11) is -0.595. The molecular weight excluding hydrogens is 332 g/mol. The van der Waals surface area contributed by atoms with Gasteiger partial charge >= 0.3 is 0 Å². The molecule has 1 aliphatic rings. The summed E-state index contributed by atoms with van der Waals surface area (Å²) in [4.78, 5) is 8.31. The summed E-state index contributed by atoms with van der Waals surface area (Å²) in [6.07, 6.45) is 3.26. The molecule has 0 amide bonds. The Kier molecular flexibility index (Phi) is 4.54. The topological polar surface area (TPSA) is 93.7 Å². The van der Waals surface area contributed by atoms with Gasteiger partial charge in [0.1, 0.15) is 0 Å². The predicted molar refractivity (Wildman–Crippen MR) is 87.7 cm³/mol. The van der Waals surface area contributed by atoms with Crippen LogP contribution < -0.4 is 14.8 Å². The number of anilines is 1. The van der Waals surface area contributed by atoms with E-state index in [1.54, 1.807) is 24.5 Å². The van der Waals surface area contributed by atoms with Crippen molar-refractivity contribution in [3.8, 4) is 11.5 Å². The monoisotopic (exact) mass is 350 g/mol. The van der Waals surface area contributed by atoms with Gasteiger partial charge in [-0.3, -0.25) is 0 Å². The fourth-order valence-electron chi connectivity index (χ4n) is 2.41. The maximum Gasteiger partial charge on any atom is 0.243 e. The van der Waals surface area contributed by atoms with Crippen LogP contribution in [0.2, 0.25) is 0 Å². The Bertz CT molecular complexity index is 807. The minimum absolute atomic E-state index is 0.0117. The molecule has 0 bridgehead atoms. The number of ether oxygens (including phenoxy) is 2. The highest BCUT2D eigenvalue weighted by molar-refractivity contribution is 7.89. The number of nitrogens with zero attached hydrogens (tertiary/aromatic N) is 3. The molecule has 128 valence electrons. The molecule has 1 aromatic heterocycles. The molecule has 0 unspecified atom stereocenters. The van der Waals surface area contributed by atoms with E-state index in [9.17, 15) is 8.42 Å². The quantitative estimate of drug-likeness (QED) is 0.830. The van der Waals surface area contributed by atoms with Crippen LogP contribution in [-0.2, 0) is 10.0 Å². The third kappa shape index (κ3) is 3.13. The van der Waals surface area contributed by atoms with Crippen molar-refractivity contribution < 1.29 is 17.9 Å². The van der Waals surface area contributed by atoms with Crippen LogP contribution >= 0.6 is 0 Å². The number of nitrogens with one attached hydrogen (secondary N) is 1. The van der Waals surface area contributed by atoms with Crippen molar-refractivity contribution in [3.63, 3.8) is 0 Å². The first kappa shape index (κ1) is 16.5. The molecule has 2 heterocycles. The van der Waals surface area contributed by atoms with Gasteiger partial charge in [0.15, 0.2) is 11.5 Å². The van der Waals surface area contributed by atoms with Gasteiger partial charge in [0, 0.05) is 31.5 Å². The normalized spacial score (nSPS) is 15.6. The molecule has 8 nitrogen and oxygen atoms in total. The highest BCUT2D eigenvalue weighted by atomic mass is 32.2. The number of aromatic nitrogens is 2. The number of sulfonamides is 1. The SMILES string of the molecule is COc1ccc(S(=O)(=O)N2CC(Nc3ncccn3)C2)cc1OC. The summed E-state index contributed by atoms with van der Waals surface area (Å²) < 4.78 is 37.0. The van der Waals surface area contributed by atoms with Crippen LogP contribution in [0, 0.1) is 0 Å². The fourth-order valence-corrected chi connectivity index (χ4v) is 3.95. The number of rotatable bonds is 6. The van der Waals surface area contributed by atoms with Crippen LogP contribution in [0.5, 0.6) is 11.5 Å². The van der Waals surface area contributed by atoms with E-state index in [4.69, 9.17) is 9.47 Å². The zero-order valence-corrected chi connectivity index (χ0v) is 14.2. The Morgan fingerprint density at radius 1 is 1.12 bits per heavy atom. The zero-order valence-electron chi connectivity index (χ0n) is 13.3. The molecule has 0 radical (unpaired) electrons. The van der Waals surface area contributed by atoms with Gasteiger partial charge in [-0.2, -0.15) is 4.31 Å². The summed E-state index contributed by atoms with van der Waals surface area (Å²) in [5, 5.41) is 3.10.